The molecule has 0 bridgehead atoms. The molecular formula is C12H14FN3O4. The van der Waals surface area contributed by atoms with Gasteiger partial charge >= 0.3 is 0 Å². The Morgan fingerprint density at radius 1 is 1.60 bits per heavy atom. The van der Waals surface area contributed by atoms with Gasteiger partial charge in [0.1, 0.15) is 17.1 Å². The number of nitro benzene ring substituents is 1. The van der Waals surface area contributed by atoms with Gasteiger partial charge in [-0.25, -0.2) is 4.39 Å². The van der Waals surface area contributed by atoms with E-state index in [4.69, 9.17) is 10.5 Å². The fourth-order valence-corrected chi connectivity index (χ4v) is 2.07. The van der Waals surface area contributed by atoms with Crippen LogP contribution in [0.4, 0.5) is 15.8 Å². The Balaban J connectivity index is 2.34. The van der Waals surface area contributed by atoms with Gasteiger partial charge in [-0.15, -0.1) is 0 Å². The van der Waals surface area contributed by atoms with Crippen LogP contribution in [0.15, 0.2) is 12.1 Å². The van der Waals surface area contributed by atoms with Crippen LogP contribution >= 0.6 is 0 Å². The summed E-state index contributed by atoms with van der Waals surface area (Å²) in [5, 5.41) is 13.4. The second-order valence-electron chi connectivity index (χ2n) is 4.93. The van der Waals surface area contributed by atoms with E-state index in [2.05, 4.69) is 5.32 Å². The number of anilines is 1. The maximum atomic E-state index is 13.7. The zero-order valence-electron chi connectivity index (χ0n) is 10.8. The molecule has 0 saturated carbocycles. The Morgan fingerprint density at radius 2 is 2.30 bits per heavy atom. The number of halogens is 1. The topological polar surface area (TPSA) is 107 Å². The van der Waals surface area contributed by atoms with Crippen molar-refractivity contribution in [1.82, 2.24) is 5.32 Å². The van der Waals surface area contributed by atoms with Crippen LogP contribution in [0.2, 0.25) is 0 Å². The molecule has 20 heavy (non-hydrogen) atoms. The smallest absolute Gasteiger partial charge is 0.293 e. The van der Waals surface area contributed by atoms with Crippen molar-refractivity contribution in [3.8, 4) is 0 Å². The van der Waals surface area contributed by atoms with Crippen LogP contribution in [0, 0.1) is 15.9 Å². The highest BCUT2D eigenvalue weighted by atomic mass is 19.1. The summed E-state index contributed by atoms with van der Waals surface area (Å²) >= 11 is 0. The van der Waals surface area contributed by atoms with Crippen molar-refractivity contribution in [1.29, 1.82) is 0 Å². The quantitative estimate of drug-likeness (QED) is 0.492. The third kappa shape index (κ3) is 2.55. The summed E-state index contributed by atoms with van der Waals surface area (Å²) in [6.07, 6.45) is 0.579. The van der Waals surface area contributed by atoms with E-state index >= 15 is 0 Å². The van der Waals surface area contributed by atoms with Gasteiger partial charge in [0.15, 0.2) is 0 Å². The fraction of sp³-hybridized carbons (Fsp3) is 0.417. The van der Waals surface area contributed by atoms with Crippen molar-refractivity contribution >= 4 is 17.3 Å². The molecule has 1 atom stereocenters. The molecule has 1 amide bonds. The SMILES string of the molecule is CC1(NC(=O)c2c(F)ccc([N+](=O)[O-])c2N)CCOC1. The molecule has 1 fully saturated rings. The molecule has 1 aliphatic rings. The second-order valence-corrected chi connectivity index (χ2v) is 4.93. The lowest BCUT2D eigenvalue weighted by molar-refractivity contribution is -0.384. The molecule has 0 radical (unpaired) electrons. The monoisotopic (exact) mass is 283 g/mol. The van der Waals surface area contributed by atoms with Gasteiger partial charge < -0.3 is 15.8 Å². The summed E-state index contributed by atoms with van der Waals surface area (Å²) in [6, 6.07) is 1.79. The van der Waals surface area contributed by atoms with Crippen LogP contribution < -0.4 is 11.1 Å². The predicted molar refractivity (Wildman–Crippen MR) is 68.8 cm³/mol. The van der Waals surface area contributed by atoms with Gasteiger partial charge in [-0.05, 0) is 19.4 Å². The number of benzene rings is 1. The number of nitrogens with one attached hydrogen (secondary N) is 1. The summed E-state index contributed by atoms with van der Waals surface area (Å²) in [4.78, 5) is 22.1. The largest absolute Gasteiger partial charge is 0.392 e. The Hall–Kier alpha value is -2.22. The van der Waals surface area contributed by atoms with Crippen molar-refractivity contribution in [2.45, 2.75) is 18.9 Å². The molecule has 1 aromatic carbocycles. The van der Waals surface area contributed by atoms with E-state index in [0.29, 0.717) is 19.6 Å². The Kier molecular flexibility index (Phi) is 3.58. The minimum Gasteiger partial charge on any atom is -0.392 e. The van der Waals surface area contributed by atoms with Crippen molar-refractivity contribution in [3.63, 3.8) is 0 Å². The number of nitrogen functional groups attached to an aromatic ring is 1. The molecule has 0 aliphatic carbocycles. The van der Waals surface area contributed by atoms with E-state index in [9.17, 15) is 19.3 Å². The molecule has 1 aromatic rings. The van der Waals surface area contributed by atoms with Gasteiger partial charge in [0.25, 0.3) is 11.6 Å². The summed E-state index contributed by atoms with van der Waals surface area (Å²) < 4.78 is 18.9. The lowest BCUT2D eigenvalue weighted by atomic mass is 10.0. The first-order valence-corrected chi connectivity index (χ1v) is 5.97. The molecule has 1 heterocycles. The van der Waals surface area contributed by atoms with E-state index in [-0.39, 0.29) is 0 Å². The normalized spacial score (nSPS) is 21.7. The van der Waals surface area contributed by atoms with Crippen LogP contribution in [0.25, 0.3) is 0 Å². The van der Waals surface area contributed by atoms with Crippen molar-refractivity contribution in [2.24, 2.45) is 0 Å². The second kappa shape index (κ2) is 5.04. The number of hydrogen-bond donors (Lipinski definition) is 2. The molecule has 8 heteroatoms. The number of nitrogens with two attached hydrogens (primary N) is 1. The summed E-state index contributed by atoms with van der Waals surface area (Å²) in [5.41, 5.74) is 3.43. The van der Waals surface area contributed by atoms with Gasteiger partial charge in [-0.3, -0.25) is 14.9 Å². The lowest BCUT2D eigenvalue weighted by Gasteiger charge is -2.23. The van der Waals surface area contributed by atoms with Crippen LogP contribution in [-0.2, 0) is 4.74 Å². The minimum absolute atomic E-state index is 0.301. The van der Waals surface area contributed by atoms with E-state index in [1.54, 1.807) is 6.92 Å². The van der Waals surface area contributed by atoms with Gasteiger partial charge in [-0.1, -0.05) is 0 Å². The van der Waals surface area contributed by atoms with E-state index < -0.39 is 39.1 Å². The van der Waals surface area contributed by atoms with Crippen LogP contribution in [0.1, 0.15) is 23.7 Å². The lowest BCUT2D eigenvalue weighted by Crippen LogP contribution is -2.46. The van der Waals surface area contributed by atoms with Gasteiger partial charge in [0.2, 0.25) is 0 Å². The number of hydrogen-bond acceptors (Lipinski definition) is 5. The summed E-state index contributed by atoms with van der Waals surface area (Å²) in [5.74, 6) is -1.68. The molecule has 3 N–H and O–H groups in total. The average molecular weight is 283 g/mol. The third-order valence-corrected chi connectivity index (χ3v) is 3.23. The Bertz CT molecular complexity index is 570. The van der Waals surface area contributed by atoms with E-state index in [1.165, 1.54) is 0 Å². The van der Waals surface area contributed by atoms with Gasteiger partial charge in [0.05, 0.1) is 17.1 Å². The molecule has 1 aliphatic heterocycles. The molecule has 108 valence electrons. The number of nitrogens with zero attached hydrogens (tertiary/aromatic N) is 1. The molecule has 0 aromatic heterocycles. The number of rotatable bonds is 3. The first-order chi connectivity index (χ1) is 9.34. The average Bonchev–Trinajstić information content (AvgIpc) is 2.75. The van der Waals surface area contributed by atoms with Crippen molar-refractivity contribution < 1.29 is 18.8 Å². The summed E-state index contributed by atoms with van der Waals surface area (Å²) in [7, 11) is 0. The molecule has 1 unspecified atom stereocenters. The molecule has 0 spiro atoms. The maximum absolute atomic E-state index is 13.7. The summed E-state index contributed by atoms with van der Waals surface area (Å²) in [6.45, 7) is 2.54. The highest BCUT2D eigenvalue weighted by Crippen LogP contribution is 2.28. The number of carbonyl (C=O) groups is 1. The zero-order valence-corrected chi connectivity index (χ0v) is 10.8. The Morgan fingerprint density at radius 3 is 2.85 bits per heavy atom. The molecule has 2 rings (SSSR count). The van der Waals surface area contributed by atoms with Gasteiger partial charge in [-0.2, -0.15) is 0 Å². The first kappa shape index (κ1) is 14.2. The van der Waals surface area contributed by atoms with Crippen LogP contribution in [-0.4, -0.2) is 29.6 Å². The molecule has 7 nitrogen and oxygen atoms in total. The highest BCUT2D eigenvalue weighted by molar-refractivity contribution is 6.01. The number of nitro groups is 1. The zero-order chi connectivity index (χ0) is 14.9. The fourth-order valence-electron chi connectivity index (χ4n) is 2.07. The van der Waals surface area contributed by atoms with E-state index in [0.717, 1.165) is 12.1 Å². The Labute approximate surface area is 114 Å². The van der Waals surface area contributed by atoms with Crippen LogP contribution in [0.3, 0.4) is 0 Å². The van der Waals surface area contributed by atoms with E-state index in [1.807, 2.05) is 0 Å². The molecular weight excluding hydrogens is 269 g/mol. The highest BCUT2D eigenvalue weighted by Gasteiger charge is 2.33. The van der Waals surface area contributed by atoms with Gasteiger partial charge in [0, 0.05) is 12.7 Å². The van der Waals surface area contributed by atoms with Crippen molar-refractivity contribution in [2.75, 3.05) is 18.9 Å². The standard InChI is InChI=1S/C12H14FN3O4/c1-12(4-5-20-6-12)15-11(17)9-7(13)2-3-8(10(9)14)16(18)19/h2-3H,4-6,14H2,1H3,(H,15,17). The van der Waals surface area contributed by atoms with Crippen molar-refractivity contribution in [3.05, 3.63) is 33.6 Å². The number of amides is 1. The maximum Gasteiger partial charge on any atom is 0.293 e. The third-order valence-electron chi connectivity index (χ3n) is 3.23. The number of ether oxygens (including phenoxy) is 1. The van der Waals surface area contributed by atoms with Crippen LogP contribution in [0.5, 0.6) is 0 Å². The number of carbonyl (C=O) groups excluding carboxylic acids is 1. The first-order valence-electron chi connectivity index (χ1n) is 5.97. The predicted octanol–water partition coefficient (Wildman–Crippen LogP) is 1.22. The molecule has 1 saturated heterocycles. The minimum atomic E-state index is -0.895.